The summed E-state index contributed by atoms with van der Waals surface area (Å²) in [6.45, 7) is 17.9. The van der Waals surface area contributed by atoms with Gasteiger partial charge in [0.15, 0.2) is 12.7 Å². The predicted molar refractivity (Wildman–Crippen MR) is 184 cm³/mol. The first-order valence-corrected chi connectivity index (χ1v) is 16.7. The molecule has 1 heterocycles. The third-order valence-corrected chi connectivity index (χ3v) is 8.68. The Hall–Kier alpha value is -3.77. The van der Waals surface area contributed by atoms with Gasteiger partial charge in [-0.3, -0.25) is 19.7 Å². The molecule has 258 valence electrons. The van der Waals surface area contributed by atoms with Gasteiger partial charge < -0.3 is 30.1 Å². The van der Waals surface area contributed by atoms with Crippen LogP contribution in [0.15, 0.2) is 42.5 Å². The summed E-state index contributed by atoms with van der Waals surface area (Å²) in [6, 6.07) is 10.8. The number of benzene rings is 2. The standard InChI is InChI=1S/C35H50N4O7S/c1-21-16-24(36-32(44)46-34(6,7)8)17-22(2)28(21)45-19-26(40)37-25(18-23-14-12-11-13-15-23)27(41)31(43)39-20-47-35(9,10)29(39)30(42)38-33(3,4)5/h11-17,25,27,29,41H,18-20H2,1-10H3,(H,36,44)(H,37,40)(H,38,42)/t25-,27-,29+/m0/s1. The molecule has 0 aliphatic carbocycles. The molecule has 0 aromatic heterocycles. The van der Waals surface area contributed by atoms with E-state index in [9.17, 15) is 24.3 Å². The normalized spacial score (nSPS) is 17.3. The first-order valence-electron chi connectivity index (χ1n) is 15.7. The van der Waals surface area contributed by atoms with Crippen molar-refractivity contribution in [3.05, 3.63) is 59.2 Å². The fourth-order valence-electron chi connectivity index (χ4n) is 5.36. The Morgan fingerprint density at radius 3 is 2.17 bits per heavy atom. The zero-order chi connectivity index (χ0) is 35.3. The first kappa shape index (κ1) is 37.7. The molecule has 2 aromatic rings. The number of nitrogens with zero attached hydrogens (tertiary/aromatic N) is 1. The summed E-state index contributed by atoms with van der Waals surface area (Å²) in [4.78, 5) is 54.1. The summed E-state index contributed by atoms with van der Waals surface area (Å²) in [5, 5.41) is 19.9. The summed E-state index contributed by atoms with van der Waals surface area (Å²) >= 11 is 1.46. The van der Waals surface area contributed by atoms with Gasteiger partial charge >= 0.3 is 6.09 Å². The van der Waals surface area contributed by atoms with Crippen LogP contribution in [0.25, 0.3) is 0 Å². The minimum atomic E-state index is -1.62. The minimum absolute atomic E-state index is 0.172. The van der Waals surface area contributed by atoms with Crippen molar-refractivity contribution in [2.24, 2.45) is 0 Å². The fourth-order valence-corrected chi connectivity index (χ4v) is 6.50. The van der Waals surface area contributed by atoms with E-state index in [0.29, 0.717) is 22.6 Å². The molecule has 47 heavy (non-hydrogen) atoms. The Labute approximate surface area is 282 Å². The topological polar surface area (TPSA) is 146 Å². The molecule has 11 nitrogen and oxygen atoms in total. The summed E-state index contributed by atoms with van der Waals surface area (Å²) in [5.41, 5.74) is 1.55. The predicted octanol–water partition coefficient (Wildman–Crippen LogP) is 4.71. The zero-order valence-corrected chi connectivity index (χ0v) is 30.0. The molecule has 1 aliphatic rings. The van der Waals surface area contributed by atoms with Gasteiger partial charge in [-0.25, -0.2) is 4.79 Å². The third-order valence-electron chi connectivity index (χ3n) is 7.31. The number of rotatable bonds is 10. The number of hydrogen-bond donors (Lipinski definition) is 4. The minimum Gasteiger partial charge on any atom is -0.483 e. The highest BCUT2D eigenvalue weighted by Crippen LogP contribution is 2.40. The van der Waals surface area contributed by atoms with Crippen LogP contribution in [0.4, 0.5) is 10.5 Å². The number of ether oxygens (including phenoxy) is 2. The molecule has 3 rings (SSSR count). The van der Waals surface area contributed by atoms with Crippen molar-refractivity contribution in [1.29, 1.82) is 0 Å². The van der Waals surface area contributed by atoms with Crippen molar-refractivity contribution in [3.8, 4) is 5.75 Å². The van der Waals surface area contributed by atoms with E-state index in [1.54, 1.807) is 46.8 Å². The van der Waals surface area contributed by atoms with Gasteiger partial charge in [0.25, 0.3) is 11.8 Å². The average molecular weight is 671 g/mol. The van der Waals surface area contributed by atoms with Gasteiger partial charge in [0, 0.05) is 16.0 Å². The maximum absolute atomic E-state index is 13.8. The van der Waals surface area contributed by atoms with Crippen molar-refractivity contribution in [2.45, 2.75) is 110 Å². The lowest BCUT2D eigenvalue weighted by atomic mass is 9.96. The van der Waals surface area contributed by atoms with E-state index in [1.807, 2.05) is 65.0 Å². The molecule has 0 spiro atoms. The van der Waals surface area contributed by atoms with Crippen molar-refractivity contribution in [2.75, 3.05) is 17.8 Å². The van der Waals surface area contributed by atoms with Gasteiger partial charge in [-0.2, -0.15) is 0 Å². The van der Waals surface area contributed by atoms with Crippen LogP contribution in [-0.4, -0.2) is 80.4 Å². The first-order chi connectivity index (χ1) is 21.7. The van der Waals surface area contributed by atoms with Gasteiger partial charge in [0.1, 0.15) is 17.4 Å². The molecule has 0 radical (unpaired) electrons. The maximum Gasteiger partial charge on any atom is 0.412 e. The van der Waals surface area contributed by atoms with E-state index in [-0.39, 0.29) is 24.8 Å². The summed E-state index contributed by atoms with van der Waals surface area (Å²) < 4.78 is 10.6. The number of carbonyl (C=O) groups is 4. The number of aliphatic hydroxyl groups is 1. The molecule has 1 aliphatic heterocycles. The van der Waals surface area contributed by atoms with Gasteiger partial charge in [-0.1, -0.05) is 30.3 Å². The highest BCUT2D eigenvalue weighted by molar-refractivity contribution is 8.00. The smallest absolute Gasteiger partial charge is 0.412 e. The highest BCUT2D eigenvalue weighted by Gasteiger charge is 2.50. The van der Waals surface area contributed by atoms with E-state index in [0.717, 1.165) is 5.56 Å². The second-order valence-electron chi connectivity index (χ2n) is 14.5. The number of anilines is 1. The lowest BCUT2D eigenvalue weighted by Gasteiger charge is -2.35. The molecule has 0 saturated carbocycles. The lowest BCUT2D eigenvalue weighted by Crippen LogP contribution is -2.60. The quantitative estimate of drug-likeness (QED) is 0.284. The molecule has 4 N–H and O–H groups in total. The molecule has 0 unspecified atom stereocenters. The molecular formula is C35H50N4O7S. The van der Waals surface area contributed by atoms with Crippen LogP contribution in [0.2, 0.25) is 0 Å². The SMILES string of the molecule is Cc1cc(NC(=O)OC(C)(C)C)cc(C)c1OCC(=O)N[C@@H](Cc1ccccc1)[C@H](O)C(=O)N1CSC(C)(C)[C@H]1C(=O)NC(C)(C)C. The van der Waals surface area contributed by atoms with Crippen molar-refractivity contribution in [3.63, 3.8) is 0 Å². The summed E-state index contributed by atoms with van der Waals surface area (Å²) in [5.74, 6) is -0.791. The van der Waals surface area contributed by atoms with E-state index in [2.05, 4.69) is 16.0 Å². The fraction of sp³-hybridized carbons (Fsp3) is 0.543. The molecule has 12 heteroatoms. The zero-order valence-electron chi connectivity index (χ0n) is 29.1. The van der Waals surface area contributed by atoms with Crippen LogP contribution in [0.5, 0.6) is 5.75 Å². The number of carbonyl (C=O) groups excluding carboxylic acids is 4. The van der Waals surface area contributed by atoms with Gasteiger partial charge in [0.05, 0.1) is 11.9 Å². The van der Waals surface area contributed by atoms with Crippen LogP contribution >= 0.6 is 11.8 Å². The Morgan fingerprint density at radius 1 is 1.02 bits per heavy atom. The van der Waals surface area contributed by atoms with E-state index in [4.69, 9.17) is 9.47 Å². The van der Waals surface area contributed by atoms with Crippen molar-refractivity contribution in [1.82, 2.24) is 15.5 Å². The van der Waals surface area contributed by atoms with Crippen LogP contribution in [0.3, 0.4) is 0 Å². The maximum atomic E-state index is 13.8. The number of nitrogens with one attached hydrogen (secondary N) is 3. The second-order valence-corrected chi connectivity index (χ2v) is 16.1. The average Bonchev–Trinajstić information content (AvgIpc) is 3.24. The Kier molecular flexibility index (Phi) is 12.0. The number of aryl methyl sites for hydroxylation is 2. The summed E-state index contributed by atoms with van der Waals surface area (Å²) in [7, 11) is 0. The molecule has 1 fully saturated rings. The van der Waals surface area contributed by atoms with Gasteiger partial charge in [-0.15, -0.1) is 11.8 Å². The van der Waals surface area contributed by atoms with E-state index in [1.165, 1.54) is 16.7 Å². The third kappa shape index (κ3) is 10.9. The Bertz CT molecular complexity index is 1430. The van der Waals surface area contributed by atoms with Gasteiger partial charge in [0.2, 0.25) is 5.91 Å². The van der Waals surface area contributed by atoms with E-state index >= 15 is 0 Å². The van der Waals surface area contributed by atoms with Crippen LogP contribution in [0, 0.1) is 13.8 Å². The molecule has 1 saturated heterocycles. The highest BCUT2D eigenvalue weighted by atomic mass is 32.2. The van der Waals surface area contributed by atoms with Crippen LogP contribution in [-0.2, 0) is 25.5 Å². The number of thioether (sulfide) groups is 1. The van der Waals surface area contributed by atoms with Gasteiger partial charge in [-0.05, 0) is 104 Å². The molecule has 3 atom stereocenters. The monoisotopic (exact) mass is 670 g/mol. The largest absolute Gasteiger partial charge is 0.483 e. The molecule has 0 bridgehead atoms. The number of amides is 4. The van der Waals surface area contributed by atoms with E-state index < -0.39 is 52.0 Å². The van der Waals surface area contributed by atoms with Crippen molar-refractivity contribution < 1.29 is 33.8 Å². The molecular weight excluding hydrogens is 620 g/mol. The van der Waals surface area contributed by atoms with Crippen LogP contribution < -0.4 is 20.7 Å². The Morgan fingerprint density at radius 2 is 1.62 bits per heavy atom. The van der Waals surface area contributed by atoms with Crippen LogP contribution in [0.1, 0.15) is 72.1 Å². The Balaban J connectivity index is 1.76. The number of aliphatic hydroxyl groups excluding tert-OH is 1. The summed E-state index contributed by atoms with van der Waals surface area (Å²) in [6.07, 6.45) is -2.04. The lowest BCUT2D eigenvalue weighted by molar-refractivity contribution is -0.148. The molecule has 2 aromatic carbocycles. The number of hydrogen-bond acceptors (Lipinski definition) is 8. The second kappa shape index (κ2) is 15.0. The van der Waals surface area contributed by atoms with Crippen molar-refractivity contribution >= 4 is 41.3 Å². The molecule has 4 amide bonds.